The molecule has 0 aromatic heterocycles. The summed E-state index contributed by atoms with van der Waals surface area (Å²) in [4.78, 5) is 25.0. The quantitative estimate of drug-likeness (QED) is 0.272. The van der Waals surface area contributed by atoms with Crippen LogP contribution in [0.15, 0.2) is 72.3 Å². The molecule has 8 heteroatoms. The average molecular weight is 500 g/mol. The molecular weight excluding hydrogens is 470 g/mol. The van der Waals surface area contributed by atoms with Gasteiger partial charge in [0.05, 0.1) is 13.2 Å². The van der Waals surface area contributed by atoms with Crippen LogP contribution in [0.1, 0.15) is 25.0 Å². The number of hydrogen-bond donors (Lipinski definition) is 2. The summed E-state index contributed by atoms with van der Waals surface area (Å²) in [6.45, 7) is 6.31. The molecule has 0 unspecified atom stereocenters. The number of nitrogens with one attached hydrogen (secondary N) is 2. The van der Waals surface area contributed by atoms with Crippen molar-refractivity contribution in [2.24, 2.45) is 0 Å². The van der Waals surface area contributed by atoms with Crippen LogP contribution in [0, 0.1) is 18.3 Å². The summed E-state index contributed by atoms with van der Waals surface area (Å²) in [6.07, 6.45) is 1.46. The van der Waals surface area contributed by atoms with Crippen LogP contribution < -0.4 is 24.8 Å². The molecule has 0 saturated heterocycles. The zero-order valence-electron chi connectivity index (χ0n) is 21.0. The summed E-state index contributed by atoms with van der Waals surface area (Å²) in [5.74, 6) is 0.603. The monoisotopic (exact) mass is 499 g/mol. The molecule has 8 nitrogen and oxygen atoms in total. The van der Waals surface area contributed by atoms with Gasteiger partial charge in [-0.2, -0.15) is 5.26 Å². The normalized spacial score (nSPS) is 10.7. The molecule has 0 radical (unpaired) electrons. The Balaban J connectivity index is 1.69. The minimum atomic E-state index is -0.544. The molecule has 3 aromatic rings. The predicted octanol–water partition coefficient (Wildman–Crippen LogP) is 5.36. The smallest absolute Gasteiger partial charge is 0.266 e. The summed E-state index contributed by atoms with van der Waals surface area (Å²) >= 11 is 0. The second-order valence-electron chi connectivity index (χ2n) is 7.87. The minimum Gasteiger partial charge on any atom is -0.494 e. The van der Waals surface area contributed by atoms with E-state index in [1.165, 1.54) is 6.08 Å². The third kappa shape index (κ3) is 7.87. The lowest BCUT2D eigenvalue weighted by molar-refractivity contribution is -0.118. The lowest BCUT2D eigenvalue weighted by atomic mass is 10.1. The summed E-state index contributed by atoms with van der Waals surface area (Å²) in [7, 11) is 0. The molecule has 3 rings (SSSR count). The number of hydrogen-bond acceptors (Lipinski definition) is 6. The van der Waals surface area contributed by atoms with Crippen LogP contribution in [0.3, 0.4) is 0 Å². The Hall–Kier alpha value is -4.77. The van der Waals surface area contributed by atoms with Crippen LogP contribution in [0.2, 0.25) is 0 Å². The van der Waals surface area contributed by atoms with Gasteiger partial charge >= 0.3 is 0 Å². The molecule has 2 amide bonds. The van der Waals surface area contributed by atoms with Crippen molar-refractivity contribution in [1.82, 2.24) is 0 Å². The van der Waals surface area contributed by atoms with Crippen LogP contribution in [-0.4, -0.2) is 31.6 Å². The average Bonchev–Trinajstić information content (AvgIpc) is 2.89. The maximum atomic E-state index is 12.7. The first kappa shape index (κ1) is 26.8. The van der Waals surface area contributed by atoms with Crippen molar-refractivity contribution >= 4 is 29.3 Å². The van der Waals surface area contributed by atoms with Crippen LogP contribution in [0.25, 0.3) is 6.08 Å². The van der Waals surface area contributed by atoms with Gasteiger partial charge in [0.25, 0.3) is 11.8 Å². The fourth-order valence-corrected chi connectivity index (χ4v) is 3.36. The highest BCUT2D eigenvalue weighted by Gasteiger charge is 2.13. The summed E-state index contributed by atoms with van der Waals surface area (Å²) in [5, 5.41) is 15.1. The van der Waals surface area contributed by atoms with Crippen molar-refractivity contribution in [3.8, 4) is 23.3 Å². The molecule has 190 valence electrons. The molecule has 3 aromatic carbocycles. The van der Waals surface area contributed by atoms with Crippen molar-refractivity contribution < 1.29 is 23.8 Å². The number of aryl methyl sites for hydroxylation is 1. The molecule has 0 aliphatic heterocycles. The van der Waals surface area contributed by atoms with Crippen molar-refractivity contribution in [1.29, 1.82) is 5.26 Å². The Bertz CT molecular complexity index is 1310. The van der Waals surface area contributed by atoms with Crippen LogP contribution in [0.5, 0.6) is 17.2 Å². The predicted molar refractivity (Wildman–Crippen MR) is 143 cm³/mol. The maximum Gasteiger partial charge on any atom is 0.266 e. The van der Waals surface area contributed by atoms with E-state index in [0.717, 1.165) is 5.56 Å². The van der Waals surface area contributed by atoms with Gasteiger partial charge in [-0.05, 0) is 80.4 Å². The van der Waals surface area contributed by atoms with E-state index in [9.17, 15) is 14.9 Å². The van der Waals surface area contributed by atoms with Gasteiger partial charge < -0.3 is 24.8 Å². The van der Waals surface area contributed by atoms with Gasteiger partial charge in [0.15, 0.2) is 18.1 Å². The Morgan fingerprint density at radius 3 is 2.30 bits per heavy atom. The topological polar surface area (TPSA) is 110 Å². The lowest BCUT2D eigenvalue weighted by Crippen LogP contribution is -2.20. The van der Waals surface area contributed by atoms with Gasteiger partial charge in [-0.1, -0.05) is 24.3 Å². The fraction of sp³-hybridized carbons (Fsp3) is 0.207. The molecule has 0 aliphatic rings. The van der Waals surface area contributed by atoms with E-state index < -0.39 is 5.91 Å². The number of benzene rings is 3. The second kappa shape index (κ2) is 13.4. The molecule has 0 heterocycles. The van der Waals surface area contributed by atoms with Crippen molar-refractivity contribution in [2.45, 2.75) is 20.8 Å². The highest BCUT2D eigenvalue weighted by atomic mass is 16.5. The van der Waals surface area contributed by atoms with Crippen molar-refractivity contribution in [2.75, 3.05) is 30.5 Å². The second-order valence-corrected chi connectivity index (χ2v) is 7.87. The fourth-order valence-electron chi connectivity index (χ4n) is 3.36. The Morgan fingerprint density at radius 1 is 0.892 bits per heavy atom. The number of amides is 2. The SMILES string of the molecule is CCOc1ccc(NC(=O)/C(C#N)=C/c2ccc(OCC(=O)Nc3ccccc3C)c(OCC)c2)cc1. The van der Waals surface area contributed by atoms with Crippen LogP contribution >= 0.6 is 0 Å². The largest absolute Gasteiger partial charge is 0.494 e. The molecule has 0 bridgehead atoms. The number of rotatable bonds is 11. The third-order valence-electron chi connectivity index (χ3n) is 5.14. The Kier molecular flexibility index (Phi) is 9.68. The molecule has 0 saturated carbocycles. The maximum absolute atomic E-state index is 12.7. The van der Waals surface area contributed by atoms with Crippen LogP contribution in [-0.2, 0) is 9.59 Å². The first-order valence-corrected chi connectivity index (χ1v) is 11.8. The molecule has 0 atom stereocenters. The molecule has 0 spiro atoms. The summed E-state index contributed by atoms with van der Waals surface area (Å²) in [5.41, 5.74) is 2.69. The van der Waals surface area contributed by atoms with E-state index in [4.69, 9.17) is 14.2 Å². The molecule has 2 N–H and O–H groups in total. The summed E-state index contributed by atoms with van der Waals surface area (Å²) in [6, 6.07) is 21.2. The van der Waals surface area contributed by atoms with E-state index in [1.54, 1.807) is 42.5 Å². The van der Waals surface area contributed by atoms with E-state index in [-0.39, 0.29) is 18.1 Å². The third-order valence-corrected chi connectivity index (χ3v) is 5.14. The van der Waals surface area contributed by atoms with Gasteiger partial charge in [-0.25, -0.2) is 0 Å². The van der Waals surface area contributed by atoms with Gasteiger partial charge in [0, 0.05) is 11.4 Å². The Morgan fingerprint density at radius 2 is 1.62 bits per heavy atom. The minimum absolute atomic E-state index is 0.0809. The number of ether oxygens (including phenoxy) is 3. The highest BCUT2D eigenvalue weighted by molar-refractivity contribution is 6.09. The van der Waals surface area contributed by atoms with E-state index in [2.05, 4.69) is 10.6 Å². The first-order valence-electron chi connectivity index (χ1n) is 11.8. The van der Waals surface area contributed by atoms with Gasteiger partial charge in [-0.15, -0.1) is 0 Å². The lowest BCUT2D eigenvalue weighted by Gasteiger charge is -2.13. The number of nitriles is 1. The number of carbonyl (C=O) groups is 2. The molecule has 0 fully saturated rings. The van der Waals surface area contributed by atoms with Crippen molar-refractivity contribution in [3.63, 3.8) is 0 Å². The van der Waals surface area contributed by atoms with Gasteiger partial charge in [0.1, 0.15) is 17.4 Å². The zero-order chi connectivity index (χ0) is 26.6. The Labute approximate surface area is 216 Å². The summed E-state index contributed by atoms with van der Waals surface area (Å²) < 4.78 is 16.8. The van der Waals surface area contributed by atoms with E-state index >= 15 is 0 Å². The number of carbonyl (C=O) groups excluding carboxylic acids is 2. The van der Waals surface area contributed by atoms with Crippen molar-refractivity contribution in [3.05, 3.63) is 83.4 Å². The van der Waals surface area contributed by atoms with E-state index in [0.29, 0.717) is 47.4 Å². The molecule has 37 heavy (non-hydrogen) atoms. The molecular formula is C29H29N3O5. The standard InChI is InChI=1S/C29H29N3O5/c1-4-35-24-13-11-23(12-14-24)31-29(34)22(18-30)16-21-10-15-26(27(17-21)36-5-2)37-19-28(33)32-25-9-7-6-8-20(25)3/h6-17H,4-5,19H2,1-3H3,(H,31,34)(H,32,33)/b22-16+. The number of anilines is 2. The number of nitrogens with zero attached hydrogens (tertiary/aromatic N) is 1. The zero-order valence-corrected chi connectivity index (χ0v) is 21.0. The highest BCUT2D eigenvalue weighted by Crippen LogP contribution is 2.29. The van der Waals surface area contributed by atoms with Gasteiger partial charge in [0.2, 0.25) is 0 Å². The molecule has 0 aliphatic carbocycles. The van der Waals surface area contributed by atoms with Gasteiger partial charge in [-0.3, -0.25) is 9.59 Å². The number of para-hydroxylation sites is 1. The van der Waals surface area contributed by atoms with Crippen LogP contribution in [0.4, 0.5) is 11.4 Å². The van der Waals surface area contributed by atoms with E-state index in [1.807, 2.05) is 51.1 Å². The first-order chi connectivity index (χ1) is 17.9.